The molecule has 0 aromatic carbocycles. The lowest BCUT2D eigenvalue weighted by Gasteiger charge is -2.35. The highest BCUT2D eigenvalue weighted by Gasteiger charge is 2.27. The highest BCUT2D eigenvalue weighted by atomic mass is 32.2. The second-order valence-electron chi connectivity index (χ2n) is 7.62. The van der Waals surface area contributed by atoms with Crippen molar-refractivity contribution in [3.8, 4) is 0 Å². The van der Waals surface area contributed by atoms with Crippen molar-refractivity contribution in [2.75, 3.05) is 18.0 Å². The summed E-state index contributed by atoms with van der Waals surface area (Å²) in [4.78, 5) is 6.31. The number of halogens is 2. The van der Waals surface area contributed by atoms with E-state index in [1.54, 1.807) is 6.26 Å². The summed E-state index contributed by atoms with van der Waals surface area (Å²) in [5, 5.41) is 9.47. The first-order valence-electron chi connectivity index (χ1n) is 9.64. The molecule has 0 spiro atoms. The number of hydrogen-bond acceptors (Lipinski definition) is 6. The summed E-state index contributed by atoms with van der Waals surface area (Å²) < 4.78 is 34.6. The number of anilines is 1. The highest BCUT2D eigenvalue weighted by molar-refractivity contribution is 7.98. The molecule has 0 aliphatic carbocycles. The Bertz CT molecular complexity index is 915. The summed E-state index contributed by atoms with van der Waals surface area (Å²) in [5.74, 6) is 3.31. The van der Waals surface area contributed by atoms with Crippen LogP contribution in [0.25, 0.3) is 0 Å². The van der Waals surface area contributed by atoms with Crippen molar-refractivity contribution < 1.29 is 13.2 Å². The van der Waals surface area contributed by atoms with Crippen molar-refractivity contribution in [1.82, 2.24) is 24.3 Å². The Kier molecular flexibility index (Phi) is 5.89. The summed E-state index contributed by atoms with van der Waals surface area (Å²) in [5.41, 5.74) is 0. The maximum absolute atomic E-state index is 13.1. The van der Waals surface area contributed by atoms with Crippen molar-refractivity contribution in [3.05, 3.63) is 42.4 Å². The van der Waals surface area contributed by atoms with Gasteiger partial charge in [-0.2, -0.15) is 8.78 Å². The number of piperidine rings is 1. The Balaban J connectivity index is 1.59. The van der Waals surface area contributed by atoms with Gasteiger partial charge in [0.2, 0.25) is 5.95 Å². The lowest BCUT2D eigenvalue weighted by Crippen LogP contribution is -2.40. The minimum Gasteiger partial charge on any atom is -0.467 e. The van der Waals surface area contributed by atoms with Crippen LogP contribution in [-0.2, 0) is 12.3 Å². The van der Waals surface area contributed by atoms with Crippen LogP contribution in [0.5, 0.6) is 0 Å². The van der Waals surface area contributed by atoms with E-state index in [0.717, 1.165) is 29.4 Å². The van der Waals surface area contributed by atoms with E-state index < -0.39 is 6.55 Å². The van der Waals surface area contributed by atoms with Crippen LogP contribution in [0.2, 0.25) is 0 Å². The zero-order valence-electron chi connectivity index (χ0n) is 16.4. The Labute approximate surface area is 172 Å². The van der Waals surface area contributed by atoms with E-state index in [1.165, 1.54) is 30.6 Å². The van der Waals surface area contributed by atoms with Crippen molar-refractivity contribution in [2.45, 2.75) is 44.3 Å². The van der Waals surface area contributed by atoms with E-state index in [-0.39, 0.29) is 5.75 Å². The van der Waals surface area contributed by atoms with Crippen LogP contribution in [0.1, 0.15) is 38.4 Å². The van der Waals surface area contributed by atoms with Crippen LogP contribution >= 0.6 is 11.8 Å². The minimum atomic E-state index is -2.61. The third kappa shape index (κ3) is 4.47. The fourth-order valence-electron chi connectivity index (χ4n) is 3.91. The SMILES string of the molecule is CC1CC(C)CN(c2nnc(SCc3nccn3C(F)F)n2Cc2ccco2)C1. The van der Waals surface area contributed by atoms with Crippen molar-refractivity contribution in [1.29, 1.82) is 0 Å². The highest BCUT2D eigenvalue weighted by Crippen LogP contribution is 2.30. The molecule has 0 bridgehead atoms. The summed E-state index contributed by atoms with van der Waals surface area (Å²) in [7, 11) is 0. The molecule has 3 aromatic rings. The second-order valence-corrected chi connectivity index (χ2v) is 8.56. The summed E-state index contributed by atoms with van der Waals surface area (Å²) in [6, 6.07) is 3.75. The number of hydrogen-bond donors (Lipinski definition) is 0. The Morgan fingerprint density at radius 3 is 2.72 bits per heavy atom. The fraction of sp³-hybridized carbons (Fsp3) is 0.526. The predicted octanol–water partition coefficient (Wildman–Crippen LogP) is 4.29. The quantitative estimate of drug-likeness (QED) is 0.530. The van der Waals surface area contributed by atoms with E-state index in [0.29, 0.717) is 29.4 Å². The predicted molar refractivity (Wildman–Crippen MR) is 106 cm³/mol. The number of alkyl halides is 2. The number of furan rings is 1. The standard InChI is InChI=1S/C19H24F2N6OS/c1-13-8-14(2)10-25(9-13)18-23-24-19(27(18)11-15-4-3-7-28-15)29-12-16-22-5-6-26(16)17(20)21/h3-7,13-14,17H,8-12H2,1-2H3. The topological polar surface area (TPSA) is 64.9 Å². The van der Waals surface area contributed by atoms with Crippen molar-refractivity contribution in [3.63, 3.8) is 0 Å². The smallest absolute Gasteiger partial charge is 0.319 e. The van der Waals surface area contributed by atoms with E-state index in [4.69, 9.17) is 4.42 Å². The zero-order valence-corrected chi connectivity index (χ0v) is 17.2. The van der Waals surface area contributed by atoms with Gasteiger partial charge in [0.1, 0.15) is 11.6 Å². The molecule has 10 heteroatoms. The molecular formula is C19H24F2N6OS. The molecule has 7 nitrogen and oxygen atoms in total. The molecule has 0 amide bonds. The van der Waals surface area contributed by atoms with Gasteiger partial charge < -0.3 is 9.32 Å². The maximum Gasteiger partial charge on any atom is 0.319 e. The summed E-state index contributed by atoms with van der Waals surface area (Å²) >= 11 is 1.35. The molecule has 1 aliphatic rings. The van der Waals surface area contributed by atoms with Gasteiger partial charge in [-0.15, -0.1) is 10.2 Å². The number of aromatic nitrogens is 5. The van der Waals surface area contributed by atoms with Gasteiger partial charge in [-0.05, 0) is 30.4 Å². The average Bonchev–Trinajstić information content (AvgIpc) is 3.41. The number of imidazole rings is 1. The molecule has 4 heterocycles. The molecule has 2 unspecified atom stereocenters. The van der Waals surface area contributed by atoms with Crippen LogP contribution in [0, 0.1) is 11.8 Å². The third-order valence-corrected chi connectivity index (χ3v) is 6.00. The van der Waals surface area contributed by atoms with E-state index in [2.05, 4.69) is 33.9 Å². The molecule has 1 aliphatic heterocycles. The normalized spacial score (nSPS) is 20.0. The van der Waals surface area contributed by atoms with Crippen LogP contribution in [0.15, 0.2) is 40.4 Å². The van der Waals surface area contributed by atoms with Gasteiger partial charge in [0.15, 0.2) is 5.16 Å². The molecule has 156 valence electrons. The Morgan fingerprint density at radius 2 is 2.03 bits per heavy atom. The fourth-order valence-corrected chi connectivity index (χ4v) is 4.79. The molecule has 4 rings (SSSR count). The molecule has 1 saturated heterocycles. The van der Waals surface area contributed by atoms with Crippen molar-refractivity contribution >= 4 is 17.7 Å². The molecule has 2 atom stereocenters. The molecular weight excluding hydrogens is 398 g/mol. The Hall–Kier alpha value is -2.36. The van der Waals surface area contributed by atoms with E-state index in [9.17, 15) is 8.78 Å². The van der Waals surface area contributed by atoms with Gasteiger partial charge in [-0.3, -0.25) is 9.13 Å². The lowest BCUT2D eigenvalue weighted by atomic mass is 9.92. The maximum atomic E-state index is 13.1. The van der Waals surface area contributed by atoms with Crippen LogP contribution < -0.4 is 4.90 Å². The van der Waals surface area contributed by atoms with E-state index in [1.807, 2.05) is 16.7 Å². The van der Waals surface area contributed by atoms with Gasteiger partial charge in [0.25, 0.3) is 0 Å². The van der Waals surface area contributed by atoms with Gasteiger partial charge in [0.05, 0.1) is 18.6 Å². The molecule has 0 saturated carbocycles. The largest absolute Gasteiger partial charge is 0.467 e. The average molecular weight is 423 g/mol. The third-order valence-electron chi connectivity index (χ3n) is 5.03. The first-order chi connectivity index (χ1) is 14.0. The van der Waals surface area contributed by atoms with Gasteiger partial charge in [0, 0.05) is 25.5 Å². The Morgan fingerprint density at radius 1 is 1.24 bits per heavy atom. The summed E-state index contributed by atoms with van der Waals surface area (Å²) in [6.45, 7) is 4.20. The molecule has 1 fully saturated rings. The van der Waals surface area contributed by atoms with Crippen LogP contribution in [0.3, 0.4) is 0 Å². The molecule has 0 N–H and O–H groups in total. The first-order valence-corrected chi connectivity index (χ1v) is 10.6. The monoisotopic (exact) mass is 422 g/mol. The first kappa shape index (κ1) is 19.9. The van der Waals surface area contributed by atoms with Crippen LogP contribution in [0.4, 0.5) is 14.7 Å². The summed E-state index contributed by atoms with van der Waals surface area (Å²) in [6.07, 6.45) is 5.50. The number of thioether (sulfide) groups is 1. The molecule has 29 heavy (non-hydrogen) atoms. The van der Waals surface area contributed by atoms with Gasteiger partial charge >= 0.3 is 6.55 Å². The van der Waals surface area contributed by atoms with Crippen LogP contribution in [-0.4, -0.2) is 37.4 Å². The van der Waals surface area contributed by atoms with E-state index >= 15 is 0 Å². The van der Waals surface area contributed by atoms with Gasteiger partial charge in [-0.25, -0.2) is 4.98 Å². The molecule has 0 radical (unpaired) electrons. The minimum absolute atomic E-state index is 0.278. The number of nitrogens with zero attached hydrogens (tertiary/aromatic N) is 6. The number of rotatable bonds is 7. The zero-order chi connectivity index (χ0) is 20.4. The lowest BCUT2D eigenvalue weighted by molar-refractivity contribution is 0.0678. The second kappa shape index (κ2) is 8.56. The van der Waals surface area contributed by atoms with Crippen molar-refractivity contribution in [2.24, 2.45) is 11.8 Å². The molecule has 3 aromatic heterocycles. The van der Waals surface area contributed by atoms with Gasteiger partial charge in [-0.1, -0.05) is 25.6 Å².